The van der Waals surface area contributed by atoms with Crippen molar-refractivity contribution in [2.45, 2.75) is 38.7 Å². The molecular formula is C28H30ClNO8-2. The molecule has 204 valence electrons. The number of likely N-dealkylation sites (tertiary alicyclic amines) is 1. The summed E-state index contributed by atoms with van der Waals surface area (Å²) in [6, 6.07) is 13.5. The molecule has 0 N–H and O–H groups in total. The summed E-state index contributed by atoms with van der Waals surface area (Å²) < 4.78 is 11.3. The van der Waals surface area contributed by atoms with Crippen LogP contribution in [0.15, 0.2) is 60.7 Å². The third kappa shape index (κ3) is 10.7. The number of esters is 1. The highest BCUT2D eigenvalue weighted by Gasteiger charge is 2.32. The number of hydrogen-bond donors (Lipinski definition) is 0. The number of ketones is 1. The minimum absolute atomic E-state index is 0.102. The summed E-state index contributed by atoms with van der Waals surface area (Å²) in [5.41, 5.74) is -0.0267. The van der Waals surface area contributed by atoms with Gasteiger partial charge in [0.1, 0.15) is 12.4 Å². The smallest absolute Gasteiger partial charge is 0.349 e. The van der Waals surface area contributed by atoms with Gasteiger partial charge in [0.25, 0.3) is 0 Å². The number of hydrogen-bond acceptors (Lipinski definition) is 9. The summed E-state index contributed by atoms with van der Waals surface area (Å²) in [5, 5.41) is 19.4. The number of piperidine rings is 1. The Morgan fingerprint density at radius 2 is 1.37 bits per heavy atom. The monoisotopic (exact) mass is 543 g/mol. The molecule has 9 nitrogen and oxygen atoms in total. The lowest BCUT2D eigenvalue weighted by Crippen LogP contribution is -2.41. The lowest BCUT2D eigenvalue weighted by Gasteiger charge is -2.28. The van der Waals surface area contributed by atoms with Crippen LogP contribution in [0.1, 0.15) is 49.0 Å². The van der Waals surface area contributed by atoms with Crippen molar-refractivity contribution in [2.24, 2.45) is 0 Å². The number of aliphatic carboxylic acids is 2. The molecule has 10 heteroatoms. The second kappa shape index (κ2) is 14.9. The standard InChI is InChI=1S/C24H28ClNO4.C4H4O4/c1-24(2,23(28)29-17-16-26-14-4-3-5-15-26)30-21-12-8-19(9-13-21)22(27)18-6-10-20(25)11-7-18;5-3(6)1-2-4(7)8/h6-13H,3-5,14-17H2,1-2H3;1-2H,(H,5,6)(H,7,8)/p-2/b;2-1+. The van der Waals surface area contributed by atoms with E-state index in [9.17, 15) is 29.4 Å². The van der Waals surface area contributed by atoms with Crippen molar-refractivity contribution in [3.63, 3.8) is 0 Å². The maximum absolute atomic E-state index is 12.5. The highest BCUT2D eigenvalue weighted by atomic mass is 35.5. The highest BCUT2D eigenvalue weighted by molar-refractivity contribution is 6.30. The molecule has 38 heavy (non-hydrogen) atoms. The number of halogens is 1. The third-order valence-electron chi connectivity index (χ3n) is 5.53. The number of carboxylic acid groups (broad SMARTS) is 2. The summed E-state index contributed by atoms with van der Waals surface area (Å²) >= 11 is 5.87. The maximum Gasteiger partial charge on any atom is 0.349 e. The van der Waals surface area contributed by atoms with Crippen LogP contribution in [0, 0.1) is 0 Å². The lowest BCUT2D eigenvalue weighted by molar-refractivity contribution is -0.301. The molecule has 1 fully saturated rings. The molecule has 0 radical (unpaired) electrons. The number of carboxylic acids is 2. The van der Waals surface area contributed by atoms with Crippen LogP contribution in [-0.4, -0.2) is 60.4 Å². The molecule has 0 bridgehead atoms. The number of ether oxygens (including phenoxy) is 2. The fraction of sp³-hybridized carbons (Fsp3) is 0.357. The van der Waals surface area contributed by atoms with E-state index < -0.39 is 23.5 Å². The van der Waals surface area contributed by atoms with Crippen LogP contribution in [0.5, 0.6) is 5.75 Å². The van der Waals surface area contributed by atoms with Crippen LogP contribution in [0.2, 0.25) is 5.02 Å². The number of benzene rings is 2. The van der Waals surface area contributed by atoms with E-state index in [1.807, 2.05) is 0 Å². The third-order valence-corrected chi connectivity index (χ3v) is 5.78. The first-order chi connectivity index (χ1) is 18.0. The predicted molar refractivity (Wildman–Crippen MR) is 136 cm³/mol. The van der Waals surface area contributed by atoms with E-state index in [0.29, 0.717) is 40.7 Å². The molecule has 2 aromatic carbocycles. The molecule has 1 aliphatic rings. The summed E-state index contributed by atoms with van der Waals surface area (Å²) in [6.45, 7) is 6.62. The van der Waals surface area contributed by atoms with Gasteiger partial charge in [0.2, 0.25) is 0 Å². The summed E-state index contributed by atoms with van der Waals surface area (Å²) in [4.78, 5) is 46.2. The zero-order chi connectivity index (χ0) is 28.1. The van der Waals surface area contributed by atoms with E-state index in [-0.39, 0.29) is 5.78 Å². The second-order valence-corrected chi connectivity index (χ2v) is 9.42. The summed E-state index contributed by atoms with van der Waals surface area (Å²) in [6.07, 6.45) is 4.46. The van der Waals surface area contributed by atoms with E-state index in [1.165, 1.54) is 19.3 Å². The Bertz CT molecular complexity index is 1100. The number of nitrogens with zero attached hydrogens (tertiary/aromatic N) is 1. The maximum atomic E-state index is 12.5. The normalized spacial score (nSPS) is 13.8. The molecule has 0 spiro atoms. The Balaban J connectivity index is 0.000000550. The first-order valence-electron chi connectivity index (χ1n) is 12.1. The van der Waals surface area contributed by atoms with Crippen molar-refractivity contribution < 1.29 is 38.9 Å². The first kappa shape index (κ1) is 30.5. The minimum atomic E-state index is -1.55. The van der Waals surface area contributed by atoms with E-state index >= 15 is 0 Å². The van der Waals surface area contributed by atoms with Crippen LogP contribution >= 0.6 is 11.6 Å². The Kier molecular flexibility index (Phi) is 12.0. The van der Waals surface area contributed by atoms with Gasteiger partial charge in [-0.05, 0) is 100 Å². The highest BCUT2D eigenvalue weighted by Crippen LogP contribution is 2.22. The van der Waals surface area contributed by atoms with Gasteiger partial charge in [0.15, 0.2) is 11.4 Å². The summed E-state index contributed by atoms with van der Waals surface area (Å²) in [5.74, 6) is -3.10. The average molecular weight is 544 g/mol. The molecule has 0 atom stereocenters. The zero-order valence-electron chi connectivity index (χ0n) is 21.3. The van der Waals surface area contributed by atoms with Crippen molar-refractivity contribution in [1.29, 1.82) is 0 Å². The largest absolute Gasteiger partial charge is 0.545 e. The van der Waals surface area contributed by atoms with Crippen molar-refractivity contribution in [3.05, 3.63) is 76.8 Å². The zero-order valence-corrected chi connectivity index (χ0v) is 22.1. The van der Waals surface area contributed by atoms with E-state index in [1.54, 1.807) is 62.4 Å². The van der Waals surface area contributed by atoms with Gasteiger partial charge in [0.05, 0.1) is 11.9 Å². The lowest BCUT2D eigenvalue weighted by atomic mass is 10.0. The van der Waals surface area contributed by atoms with Crippen molar-refractivity contribution in [1.82, 2.24) is 4.90 Å². The van der Waals surface area contributed by atoms with Gasteiger partial charge in [0, 0.05) is 22.7 Å². The first-order valence-corrected chi connectivity index (χ1v) is 12.4. The van der Waals surface area contributed by atoms with Crippen molar-refractivity contribution in [3.8, 4) is 5.75 Å². The van der Waals surface area contributed by atoms with Crippen LogP contribution in [0.3, 0.4) is 0 Å². The molecular weight excluding hydrogens is 514 g/mol. The molecule has 1 saturated heterocycles. The van der Waals surface area contributed by atoms with Crippen LogP contribution < -0.4 is 14.9 Å². The minimum Gasteiger partial charge on any atom is -0.545 e. The second-order valence-electron chi connectivity index (χ2n) is 8.98. The van der Waals surface area contributed by atoms with Crippen molar-refractivity contribution in [2.75, 3.05) is 26.2 Å². The quantitative estimate of drug-likeness (QED) is 0.249. The summed E-state index contributed by atoms with van der Waals surface area (Å²) in [7, 11) is 0. The van der Waals surface area contributed by atoms with Crippen molar-refractivity contribution >= 4 is 35.3 Å². The van der Waals surface area contributed by atoms with Crippen LogP contribution in [0.4, 0.5) is 0 Å². The van der Waals surface area contributed by atoms with Gasteiger partial charge in [-0.3, -0.25) is 9.69 Å². The number of carbonyl (C=O) groups excluding carboxylic acids is 4. The molecule has 0 aromatic heterocycles. The molecule has 0 saturated carbocycles. The van der Waals surface area contributed by atoms with Crippen LogP contribution in [0.25, 0.3) is 0 Å². The molecule has 1 heterocycles. The number of rotatable bonds is 10. The van der Waals surface area contributed by atoms with Gasteiger partial charge in [-0.25, -0.2) is 4.79 Å². The van der Waals surface area contributed by atoms with Gasteiger partial charge in [-0.1, -0.05) is 18.0 Å². The molecule has 3 rings (SSSR count). The molecule has 0 aliphatic carbocycles. The van der Waals surface area contributed by atoms with Gasteiger partial charge < -0.3 is 29.3 Å². The number of carbonyl (C=O) groups is 4. The van der Waals surface area contributed by atoms with E-state index in [4.69, 9.17) is 21.1 Å². The Morgan fingerprint density at radius 1 is 0.868 bits per heavy atom. The molecule has 0 unspecified atom stereocenters. The van der Waals surface area contributed by atoms with Gasteiger partial charge in [-0.2, -0.15) is 0 Å². The van der Waals surface area contributed by atoms with E-state index in [2.05, 4.69) is 4.90 Å². The Hall–Kier alpha value is -3.69. The van der Waals surface area contributed by atoms with Gasteiger partial charge >= 0.3 is 5.97 Å². The molecule has 2 aromatic rings. The van der Waals surface area contributed by atoms with Crippen LogP contribution in [-0.2, 0) is 19.1 Å². The average Bonchev–Trinajstić information content (AvgIpc) is 2.89. The Morgan fingerprint density at radius 3 is 1.87 bits per heavy atom. The fourth-order valence-electron chi connectivity index (χ4n) is 3.54. The SMILES string of the molecule is CC(C)(Oc1ccc(C(=O)c2ccc(Cl)cc2)cc1)C(=O)OCCN1CCCCC1.O=C([O-])/C=C/C(=O)[O-]. The topological polar surface area (TPSA) is 136 Å². The van der Waals surface area contributed by atoms with Gasteiger partial charge in [-0.15, -0.1) is 0 Å². The Labute approximate surface area is 226 Å². The van der Waals surface area contributed by atoms with E-state index in [0.717, 1.165) is 19.6 Å². The predicted octanol–water partition coefficient (Wildman–Crippen LogP) is 1.80. The molecule has 0 amide bonds. The fourth-order valence-corrected chi connectivity index (χ4v) is 3.66. The molecule has 1 aliphatic heterocycles.